The number of rotatable bonds is 6. The highest BCUT2D eigenvalue weighted by atomic mass is 16.5. The average Bonchev–Trinajstić information content (AvgIpc) is 2.38. The number of amides is 1. The Labute approximate surface area is 109 Å². The smallest absolute Gasteiger partial charge is 0.239 e. The van der Waals surface area contributed by atoms with Crippen molar-refractivity contribution in [3.8, 4) is 0 Å². The number of nitrogens with two attached hydrogens (primary N) is 1. The van der Waals surface area contributed by atoms with Crippen LogP contribution in [0.2, 0.25) is 0 Å². The molecule has 4 heteroatoms. The highest BCUT2D eigenvalue weighted by Gasteiger charge is 2.21. The van der Waals surface area contributed by atoms with E-state index in [1.54, 1.807) is 19.1 Å². The fraction of sp³-hybridized carbons (Fsp3) is 0.500. The third-order valence-electron chi connectivity index (χ3n) is 3.03. The first-order valence-electron chi connectivity index (χ1n) is 6.11. The standard InChI is InChI=1S/C14H22N2O2/c1-11(10-18-3)16(2)14(17)13(15)9-12-7-5-4-6-8-12/h4-8,11,13H,9-10,15H2,1-3H3. The molecular formula is C14H22N2O2. The van der Waals surface area contributed by atoms with E-state index >= 15 is 0 Å². The summed E-state index contributed by atoms with van der Waals surface area (Å²) in [6, 6.07) is 9.33. The monoisotopic (exact) mass is 250 g/mol. The Hall–Kier alpha value is -1.39. The number of carbonyl (C=O) groups excluding carboxylic acids is 1. The van der Waals surface area contributed by atoms with Gasteiger partial charge in [0.1, 0.15) is 0 Å². The number of methoxy groups -OCH3 is 1. The van der Waals surface area contributed by atoms with Crippen molar-refractivity contribution in [1.29, 1.82) is 0 Å². The van der Waals surface area contributed by atoms with E-state index in [2.05, 4.69) is 0 Å². The van der Waals surface area contributed by atoms with Gasteiger partial charge in [-0.15, -0.1) is 0 Å². The fourth-order valence-electron chi connectivity index (χ4n) is 1.79. The Morgan fingerprint density at radius 2 is 2.00 bits per heavy atom. The van der Waals surface area contributed by atoms with Crippen LogP contribution in [0.5, 0.6) is 0 Å². The van der Waals surface area contributed by atoms with Crippen LogP contribution in [0.4, 0.5) is 0 Å². The molecule has 0 aliphatic heterocycles. The minimum absolute atomic E-state index is 0.0318. The largest absolute Gasteiger partial charge is 0.383 e. The number of hydrogen-bond donors (Lipinski definition) is 1. The molecule has 100 valence electrons. The molecule has 2 atom stereocenters. The second-order valence-corrected chi connectivity index (χ2v) is 4.55. The summed E-state index contributed by atoms with van der Waals surface area (Å²) >= 11 is 0. The van der Waals surface area contributed by atoms with Gasteiger partial charge in [-0.3, -0.25) is 4.79 Å². The Bertz CT molecular complexity index is 367. The molecule has 0 spiro atoms. The van der Waals surface area contributed by atoms with Gasteiger partial charge in [0.2, 0.25) is 5.91 Å². The maximum absolute atomic E-state index is 12.1. The number of benzene rings is 1. The molecule has 0 aliphatic rings. The van der Waals surface area contributed by atoms with Crippen molar-refractivity contribution in [2.75, 3.05) is 20.8 Å². The lowest BCUT2D eigenvalue weighted by Crippen LogP contribution is -2.47. The van der Waals surface area contributed by atoms with E-state index in [1.165, 1.54) is 0 Å². The van der Waals surface area contributed by atoms with Crippen LogP contribution in [0.15, 0.2) is 30.3 Å². The van der Waals surface area contributed by atoms with Crippen LogP contribution in [0.3, 0.4) is 0 Å². The van der Waals surface area contributed by atoms with E-state index in [9.17, 15) is 4.79 Å². The first-order chi connectivity index (χ1) is 8.56. The summed E-state index contributed by atoms with van der Waals surface area (Å²) in [6.07, 6.45) is 0.559. The summed E-state index contributed by atoms with van der Waals surface area (Å²) < 4.78 is 5.04. The van der Waals surface area contributed by atoms with Gasteiger partial charge in [-0.05, 0) is 18.9 Å². The first kappa shape index (κ1) is 14.7. The summed E-state index contributed by atoms with van der Waals surface area (Å²) in [6.45, 7) is 2.46. The molecule has 0 aliphatic carbocycles. The van der Waals surface area contributed by atoms with E-state index in [4.69, 9.17) is 10.5 Å². The van der Waals surface area contributed by atoms with Crippen molar-refractivity contribution in [3.05, 3.63) is 35.9 Å². The lowest BCUT2D eigenvalue weighted by atomic mass is 10.1. The minimum atomic E-state index is -0.503. The molecule has 0 bridgehead atoms. The quantitative estimate of drug-likeness (QED) is 0.821. The van der Waals surface area contributed by atoms with E-state index in [0.717, 1.165) is 5.56 Å². The van der Waals surface area contributed by atoms with E-state index in [1.807, 2.05) is 37.3 Å². The molecule has 0 heterocycles. The molecule has 0 saturated carbocycles. The topological polar surface area (TPSA) is 55.6 Å². The number of hydrogen-bond acceptors (Lipinski definition) is 3. The minimum Gasteiger partial charge on any atom is -0.383 e. The fourth-order valence-corrected chi connectivity index (χ4v) is 1.79. The maximum atomic E-state index is 12.1. The molecule has 18 heavy (non-hydrogen) atoms. The lowest BCUT2D eigenvalue weighted by molar-refractivity contribution is -0.134. The third-order valence-corrected chi connectivity index (χ3v) is 3.03. The summed E-state index contributed by atoms with van der Waals surface area (Å²) in [5.74, 6) is -0.0524. The molecule has 1 rings (SSSR count). The van der Waals surface area contributed by atoms with Gasteiger partial charge in [-0.1, -0.05) is 30.3 Å². The lowest BCUT2D eigenvalue weighted by Gasteiger charge is -2.27. The summed E-state index contributed by atoms with van der Waals surface area (Å²) in [7, 11) is 3.38. The normalized spacial score (nSPS) is 14.0. The van der Waals surface area contributed by atoms with Crippen molar-refractivity contribution < 1.29 is 9.53 Å². The Kier molecular flexibility index (Phi) is 5.82. The van der Waals surface area contributed by atoms with Gasteiger partial charge < -0.3 is 15.4 Å². The van der Waals surface area contributed by atoms with Gasteiger partial charge >= 0.3 is 0 Å². The maximum Gasteiger partial charge on any atom is 0.239 e. The third kappa shape index (κ3) is 4.13. The molecule has 0 radical (unpaired) electrons. The zero-order valence-electron chi connectivity index (χ0n) is 11.3. The molecule has 4 nitrogen and oxygen atoms in total. The molecule has 0 aromatic heterocycles. The Morgan fingerprint density at radius 3 is 2.56 bits per heavy atom. The van der Waals surface area contributed by atoms with Gasteiger partial charge in [0.25, 0.3) is 0 Å². The highest BCUT2D eigenvalue weighted by molar-refractivity contribution is 5.82. The Balaban J connectivity index is 2.56. The molecule has 0 saturated heterocycles. The number of likely N-dealkylation sites (N-methyl/N-ethyl adjacent to an activating group) is 1. The molecule has 0 fully saturated rings. The van der Waals surface area contributed by atoms with Crippen LogP contribution < -0.4 is 5.73 Å². The second kappa shape index (κ2) is 7.13. The van der Waals surface area contributed by atoms with E-state index in [-0.39, 0.29) is 11.9 Å². The van der Waals surface area contributed by atoms with Crippen LogP contribution in [-0.2, 0) is 16.0 Å². The second-order valence-electron chi connectivity index (χ2n) is 4.55. The molecule has 1 amide bonds. The van der Waals surface area contributed by atoms with Crippen molar-refractivity contribution in [2.45, 2.75) is 25.4 Å². The molecule has 2 N–H and O–H groups in total. The number of nitrogens with zero attached hydrogens (tertiary/aromatic N) is 1. The zero-order chi connectivity index (χ0) is 13.5. The van der Waals surface area contributed by atoms with E-state index in [0.29, 0.717) is 13.0 Å². The highest BCUT2D eigenvalue weighted by Crippen LogP contribution is 2.05. The zero-order valence-corrected chi connectivity index (χ0v) is 11.3. The van der Waals surface area contributed by atoms with Crippen LogP contribution in [0, 0.1) is 0 Å². The van der Waals surface area contributed by atoms with Crippen LogP contribution in [-0.4, -0.2) is 43.7 Å². The van der Waals surface area contributed by atoms with Crippen molar-refractivity contribution in [3.63, 3.8) is 0 Å². The SMILES string of the molecule is COCC(C)N(C)C(=O)C(N)Cc1ccccc1. The predicted molar refractivity (Wildman–Crippen MR) is 72.2 cm³/mol. The Morgan fingerprint density at radius 1 is 1.39 bits per heavy atom. The summed E-state index contributed by atoms with van der Waals surface area (Å²) in [5, 5.41) is 0. The van der Waals surface area contributed by atoms with Crippen molar-refractivity contribution >= 4 is 5.91 Å². The van der Waals surface area contributed by atoms with Crippen molar-refractivity contribution in [1.82, 2.24) is 4.90 Å². The van der Waals surface area contributed by atoms with Gasteiger partial charge in [0, 0.05) is 14.2 Å². The van der Waals surface area contributed by atoms with Gasteiger partial charge in [-0.25, -0.2) is 0 Å². The molecular weight excluding hydrogens is 228 g/mol. The van der Waals surface area contributed by atoms with E-state index < -0.39 is 6.04 Å². The van der Waals surface area contributed by atoms with Crippen molar-refractivity contribution in [2.24, 2.45) is 5.73 Å². The summed E-state index contributed by atoms with van der Waals surface area (Å²) in [5.41, 5.74) is 7.03. The van der Waals surface area contributed by atoms with Crippen LogP contribution >= 0.6 is 0 Å². The van der Waals surface area contributed by atoms with Crippen LogP contribution in [0.1, 0.15) is 12.5 Å². The van der Waals surface area contributed by atoms with Gasteiger partial charge in [0.15, 0.2) is 0 Å². The predicted octanol–water partition coefficient (Wildman–Crippen LogP) is 1.05. The first-order valence-corrected chi connectivity index (χ1v) is 6.11. The number of ether oxygens (including phenoxy) is 1. The number of carbonyl (C=O) groups is 1. The van der Waals surface area contributed by atoms with Gasteiger partial charge in [-0.2, -0.15) is 0 Å². The molecule has 1 aromatic rings. The molecule has 1 aromatic carbocycles. The summed E-state index contributed by atoms with van der Waals surface area (Å²) in [4.78, 5) is 13.8. The average molecular weight is 250 g/mol. The van der Waals surface area contributed by atoms with Crippen LogP contribution in [0.25, 0.3) is 0 Å². The van der Waals surface area contributed by atoms with Gasteiger partial charge in [0.05, 0.1) is 18.7 Å². The molecule has 2 unspecified atom stereocenters.